The quantitative estimate of drug-likeness (QED) is 0.716. The summed E-state index contributed by atoms with van der Waals surface area (Å²) in [6, 6.07) is 4.82. The molecule has 0 spiro atoms. The van der Waals surface area contributed by atoms with Gasteiger partial charge in [0.15, 0.2) is 0 Å². The lowest BCUT2D eigenvalue weighted by atomic mass is 10.0. The van der Waals surface area contributed by atoms with Crippen molar-refractivity contribution in [3.63, 3.8) is 0 Å². The summed E-state index contributed by atoms with van der Waals surface area (Å²) in [7, 11) is 1.53. The fraction of sp³-hybridized carbons (Fsp3) is 0.350. The van der Waals surface area contributed by atoms with Gasteiger partial charge in [-0.25, -0.2) is 14.2 Å². The van der Waals surface area contributed by atoms with E-state index in [2.05, 4.69) is 16.0 Å². The number of H-pyrrole nitrogens is 1. The molecule has 0 aliphatic heterocycles. The number of rotatable bonds is 2. The van der Waals surface area contributed by atoms with E-state index in [1.807, 2.05) is 6.92 Å². The number of anilines is 1. The van der Waals surface area contributed by atoms with Crippen LogP contribution in [-0.4, -0.2) is 28.7 Å². The largest absolute Gasteiger partial charge is 0.443 e. The number of benzene rings is 1. The Morgan fingerprint density at radius 3 is 2.74 bits per heavy atom. The smallest absolute Gasteiger partial charge is 0.414 e. The third-order valence-corrected chi connectivity index (χ3v) is 4.28. The highest BCUT2D eigenvalue weighted by Crippen LogP contribution is 2.35. The zero-order chi connectivity index (χ0) is 19.9. The highest BCUT2D eigenvalue weighted by molar-refractivity contribution is 6.13. The van der Waals surface area contributed by atoms with E-state index < -0.39 is 17.5 Å². The Bertz CT molecular complexity index is 1090. The fourth-order valence-electron chi connectivity index (χ4n) is 3.07. The molecule has 1 amide bonds. The van der Waals surface area contributed by atoms with E-state index in [4.69, 9.17) is 10.00 Å². The minimum atomic E-state index is -0.670. The molecule has 0 unspecified atom stereocenters. The summed E-state index contributed by atoms with van der Waals surface area (Å²) in [5.41, 5.74) is 2.44. The third-order valence-electron chi connectivity index (χ3n) is 4.28. The average Bonchev–Trinajstić information content (AvgIpc) is 2.93. The van der Waals surface area contributed by atoms with Gasteiger partial charge < -0.3 is 9.72 Å². The number of aromatic amines is 1. The number of aromatic nitrogens is 2. The van der Waals surface area contributed by atoms with Crippen LogP contribution in [0.25, 0.3) is 21.9 Å². The van der Waals surface area contributed by atoms with Gasteiger partial charge in [0.2, 0.25) is 0 Å². The number of amides is 1. The number of hydrogen-bond donors (Lipinski definition) is 1. The molecule has 0 bridgehead atoms. The van der Waals surface area contributed by atoms with Gasteiger partial charge in [0, 0.05) is 24.0 Å². The van der Waals surface area contributed by atoms with Crippen LogP contribution in [0.1, 0.15) is 31.9 Å². The summed E-state index contributed by atoms with van der Waals surface area (Å²) in [6.07, 6.45) is 1.28. The monoisotopic (exact) mass is 368 g/mol. The number of hydrogen-bond acceptors (Lipinski definition) is 4. The van der Waals surface area contributed by atoms with Crippen molar-refractivity contribution in [1.82, 2.24) is 9.97 Å². The molecule has 2 heterocycles. The zero-order valence-electron chi connectivity index (χ0n) is 16.0. The van der Waals surface area contributed by atoms with E-state index in [0.29, 0.717) is 27.6 Å². The van der Waals surface area contributed by atoms with Gasteiger partial charge in [0.1, 0.15) is 17.1 Å². The summed E-state index contributed by atoms with van der Waals surface area (Å²) >= 11 is 0. The predicted octanol–water partition coefficient (Wildman–Crippen LogP) is 4.60. The van der Waals surface area contributed by atoms with E-state index in [1.165, 1.54) is 24.1 Å². The third kappa shape index (κ3) is 3.43. The molecule has 27 heavy (non-hydrogen) atoms. The molecule has 3 aromatic rings. The SMILES string of the molecule is Cc1cnc2[nH]c3c(N(C)C(=O)OC(C)(C)C)cc(F)cc3c2c1CC#N. The summed E-state index contributed by atoms with van der Waals surface area (Å²) in [5, 5.41) is 10.4. The normalized spacial score (nSPS) is 11.6. The summed E-state index contributed by atoms with van der Waals surface area (Å²) < 4.78 is 19.8. The molecule has 0 saturated carbocycles. The van der Waals surface area contributed by atoms with Crippen LogP contribution in [0.3, 0.4) is 0 Å². The molecule has 3 rings (SSSR count). The van der Waals surface area contributed by atoms with Crippen LogP contribution < -0.4 is 4.90 Å². The number of aryl methyl sites for hydroxylation is 1. The molecule has 1 N–H and O–H groups in total. The van der Waals surface area contributed by atoms with Crippen molar-refractivity contribution in [2.24, 2.45) is 0 Å². The van der Waals surface area contributed by atoms with Crippen molar-refractivity contribution in [2.75, 3.05) is 11.9 Å². The number of fused-ring (bicyclic) bond motifs is 3. The Morgan fingerprint density at radius 2 is 2.11 bits per heavy atom. The molecule has 0 aliphatic rings. The Morgan fingerprint density at radius 1 is 1.41 bits per heavy atom. The fourth-order valence-corrected chi connectivity index (χ4v) is 3.07. The molecule has 0 saturated heterocycles. The molecule has 140 valence electrons. The Labute approximate surface area is 156 Å². The molecule has 7 heteroatoms. The van der Waals surface area contributed by atoms with Gasteiger partial charge in [-0.1, -0.05) is 0 Å². The Kier molecular flexibility index (Phi) is 4.52. The maximum Gasteiger partial charge on any atom is 0.414 e. The van der Waals surface area contributed by atoms with Gasteiger partial charge in [0.25, 0.3) is 0 Å². The van der Waals surface area contributed by atoms with E-state index in [0.717, 1.165) is 11.1 Å². The maximum atomic E-state index is 14.4. The summed E-state index contributed by atoms with van der Waals surface area (Å²) in [6.45, 7) is 7.17. The minimum Gasteiger partial charge on any atom is -0.443 e. The van der Waals surface area contributed by atoms with Crippen LogP contribution in [0.2, 0.25) is 0 Å². The van der Waals surface area contributed by atoms with Crippen LogP contribution in [-0.2, 0) is 11.2 Å². The van der Waals surface area contributed by atoms with E-state index in [9.17, 15) is 9.18 Å². The average molecular weight is 368 g/mol. The number of carbonyl (C=O) groups is 1. The zero-order valence-corrected chi connectivity index (χ0v) is 16.0. The standard InChI is InChI=1S/C20H21FN4O2/c1-11-10-23-18-16(13(11)6-7-22)14-8-12(21)9-15(17(14)24-18)25(5)19(26)27-20(2,3)4/h8-10H,6H2,1-5H3,(H,23,24). The lowest BCUT2D eigenvalue weighted by molar-refractivity contribution is 0.0589. The first-order valence-electron chi connectivity index (χ1n) is 8.55. The number of nitrogens with one attached hydrogen (secondary N) is 1. The predicted molar refractivity (Wildman–Crippen MR) is 102 cm³/mol. The van der Waals surface area contributed by atoms with Crippen molar-refractivity contribution >= 4 is 33.7 Å². The highest BCUT2D eigenvalue weighted by atomic mass is 19.1. The van der Waals surface area contributed by atoms with Crippen molar-refractivity contribution in [2.45, 2.75) is 39.7 Å². The number of nitriles is 1. The van der Waals surface area contributed by atoms with Crippen LogP contribution in [0.5, 0.6) is 0 Å². The second-order valence-corrected chi connectivity index (χ2v) is 7.49. The summed E-state index contributed by atoms with van der Waals surface area (Å²) in [5.74, 6) is -0.488. The van der Waals surface area contributed by atoms with Crippen LogP contribution in [0, 0.1) is 24.1 Å². The van der Waals surface area contributed by atoms with Gasteiger partial charge in [-0.3, -0.25) is 4.90 Å². The molecular formula is C20H21FN4O2. The lowest BCUT2D eigenvalue weighted by Crippen LogP contribution is -2.34. The van der Waals surface area contributed by atoms with Crippen LogP contribution in [0.4, 0.5) is 14.9 Å². The van der Waals surface area contributed by atoms with Gasteiger partial charge in [0.05, 0.1) is 23.7 Å². The van der Waals surface area contributed by atoms with E-state index in [1.54, 1.807) is 27.0 Å². The van der Waals surface area contributed by atoms with Gasteiger partial charge in [-0.15, -0.1) is 0 Å². The first-order valence-corrected chi connectivity index (χ1v) is 8.55. The van der Waals surface area contributed by atoms with Crippen molar-refractivity contribution in [1.29, 1.82) is 5.26 Å². The van der Waals surface area contributed by atoms with Crippen molar-refractivity contribution < 1.29 is 13.9 Å². The second-order valence-electron chi connectivity index (χ2n) is 7.49. The molecule has 6 nitrogen and oxygen atoms in total. The van der Waals surface area contributed by atoms with Crippen molar-refractivity contribution in [3.8, 4) is 6.07 Å². The minimum absolute atomic E-state index is 0.186. The Balaban J connectivity index is 2.25. The van der Waals surface area contributed by atoms with Crippen molar-refractivity contribution in [3.05, 3.63) is 35.3 Å². The van der Waals surface area contributed by atoms with E-state index >= 15 is 0 Å². The molecule has 0 aliphatic carbocycles. The summed E-state index contributed by atoms with van der Waals surface area (Å²) in [4.78, 5) is 21.3. The highest BCUT2D eigenvalue weighted by Gasteiger charge is 2.24. The number of nitrogens with zero attached hydrogens (tertiary/aromatic N) is 3. The number of halogens is 1. The van der Waals surface area contributed by atoms with Gasteiger partial charge in [-0.05, 0) is 51.0 Å². The number of carbonyl (C=O) groups excluding carboxylic acids is 1. The number of pyridine rings is 1. The molecule has 2 aromatic heterocycles. The van der Waals surface area contributed by atoms with Gasteiger partial charge >= 0.3 is 6.09 Å². The van der Waals surface area contributed by atoms with Crippen LogP contribution >= 0.6 is 0 Å². The Hall–Kier alpha value is -3.14. The number of ether oxygens (including phenoxy) is 1. The molecule has 0 fully saturated rings. The molecule has 1 aromatic carbocycles. The first-order chi connectivity index (χ1) is 12.6. The maximum absolute atomic E-state index is 14.4. The van der Waals surface area contributed by atoms with Gasteiger partial charge in [-0.2, -0.15) is 5.26 Å². The molecular weight excluding hydrogens is 347 g/mol. The molecule has 0 radical (unpaired) electrons. The first kappa shape index (κ1) is 18.6. The van der Waals surface area contributed by atoms with E-state index in [-0.39, 0.29) is 6.42 Å². The second kappa shape index (κ2) is 6.54. The van der Waals surface area contributed by atoms with Crippen LogP contribution in [0.15, 0.2) is 18.3 Å². The molecule has 0 atom stereocenters. The topological polar surface area (TPSA) is 82.0 Å². The lowest BCUT2D eigenvalue weighted by Gasteiger charge is -2.25.